The van der Waals surface area contributed by atoms with Crippen molar-refractivity contribution in [1.82, 2.24) is 20.4 Å². The molecule has 0 aliphatic heterocycles. The zero-order chi connectivity index (χ0) is 16.9. The van der Waals surface area contributed by atoms with Gasteiger partial charge in [0.1, 0.15) is 0 Å². The summed E-state index contributed by atoms with van der Waals surface area (Å²) in [6.07, 6.45) is 6.23. The van der Waals surface area contributed by atoms with Crippen LogP contribution in [0.5, 0.6) is 0 Å². The number of aryl methyl sites for hydroxylation is 1. The van der Waals surface area contributed by atoms with Gasteiger partial charge in [-0.1, -0.05) is 30.3 Å². The third kappa shape index (κ3) is 4.16. The Morgan fingerprint density at radius 2 is 2.08 bits per heavy atom. The van der Waals surface area contributed by atoms with Gasteiger partial charge < -0.3 is 10.6 Å². The summed E-state index contributed by atoms with van der Waals surface area (Å²) in [5.41, 5.74) is 3.53. The van der Waals surface area contributed by atoms with E-state index in [1.54, 1.807) is 6.20 Å². The average Bonchev–Trinajstić information content (AvgIpc) is 3.14. The lowest BCUT2D eigenvalue weighted by Crippen LogP contribution is -2.40. The van der Waals surface area contributed by atoms with Crippen molar-refractivity contribution >= 4 is 6.03 Å². The molecule has 1 aromatic heterocycles. The number of nitrogens with zero attached hydrogens (tertiary/aromatic N) is 2. The van der Waals surface area contributed by atoms with Gasteiger partial charge in [0.05, 0.1) is 6.20 Å². The Kier molecular flexibility index (Phi) is 5.18. The lowest BCUT2D eigenvalue weighted by Gasteiger charge is -2.14. The lowest BCUT2D eigenvalue weighted by molar-refractivity contribution is 0.236. The topological polar surface area (TPSA) is 59.0 Å². The summed E-state index contributed by atoms with van der Waals surface area (Å²) < 4.78 is 1.82. The number of aromatic nitrogens is 2. The zero-order valence-electron chi connectivity index (χ0n) is 14.5. The van der Waals surface area contributed by atoms with Gasteiger partial charge in [0.2, 0.25) is 0 Å². The number of rotatable bonds is 5. The first-order chi connectivity index (χ1) is 11.6. The second kappa shape index (κ2) is 7.51. The third-order valence-electron chi connectivity index (χ3n) is 5.02. The van der Waals surface area contributed by atoms with E-state index in [4.69, 9.17) is 0 Å². The molecule has 2 atom stereocenters. The fourth-order valence-electron chi connectivity index (χ4n) is 3.47. The third-order valence-corrected chi connectivity index (χ3v) is 5.02. The van der Waals surface area contributed by atoms with Gasteiger partial charge in [0.15, 0.2) is 0 Å². The van der Waals surface area contributed by atoms with E-state index in [0.717, 1.165) is 30.5 Å². The molecule has 1 aliphatic rings. The second-order valence-electron chi connectivity index (χ2n) is 6.77. The van der Waals surface area contributed by atoms with Gasteiger partial charge in [-0.3, -0.25) is 4.68 Å². The number of benzene rings is 1. The minimum atomic E-state index is -0.0800. The van der Waals surface area contributed by atoms with Crippen LogP contribution in [-0.2, 0) is 20.0 Å². The SMILES string of the molecule is Cc1c(CNC(=O)N[C@@H]2CC[C@@H](Cc3ccccc3)C2)cnn1C. The average molecular weight is 326 g/mol. The van der Waals surface area contributed by atoms with Crippen molar-refractivity contribution in [2.75, 3.05) is 0 Å². The van der Waals surface area contributed by atoms with Gasteiger partial charge in [0, 0.05) is 30.9 Å². The molecule has 24 heavy (non-hydrogen) atoms. The maximum atomic E-state index is 12.1. The van der Waals surface area contributed by atoms with E-state index in [1.807, 2.05) is 18.7 Å². The van der Waals surface area contributed by atoms with E-state index in [0.29, 0.717) is 12.5 Å². The molecule has 0 saturated heterocycles. The van der Waals surface area contributed by atoms with Crippen molar-refractivity contribution in [2.45, 2.75) is 45.2 Å². The second-order valence-corrected chi connectivity index (χ2v) is 6.77. The summed E-state index contributed by atoms with van der Waals surface area (Å²) in [6.45, 7) is 2.53. The van der Waals surface area contributed by atoms with Gasteiger partial charge in [-0.2, -0.15) is 5.10 Å². The van der Waals surface area contributed by atoms with Crippen LogP contribution in [0.25, 0.3) is 0 Å². The number of urea groups is 1. The van der Waals surface area contributed by atoms with Crippen molar-refractivity contribution < 1.29 is 4.79 Å². The van der Waals surface area contributed by atoms with Gasteiger partial charge in [-0.15, -0.1) is 0 Å². The number of carbonyl (C=O) groups is 1. The normalized spacial score (nSPS) is 20.1. The van der Waals surface area contributed by atoms with Crippen LogP contribution in [-0.4, -0.2) is 21.9 Å². The van der Waals surface area contributed by atoms with Crippen molar-refractivity contribution in [2.24, 2.45) is 13.0 Å². The van der Waals surface area contributed by atoms with Crippen molar-refractivity contribution in [3.8, 4) is 0 Å². The number of nitrogens with one attached hydrogen (secondary N) is 2. The Hall–Kier alpha value is -2.30. The first-order valence-corrected chi connectivity index (χ1v) is 8.67. The van der Waals surface area contributed by atoms with Gasteiger partial charge >= 0.3 is 6.03 Å². The molecular weight excluding hydrogens is 300 g/mol. The highest BCUT2D eigenvalue weighted by atomic mass is 16.2. The molecule has 1 saturated carbocycles. The van der Waals surface area contributed by atoms with Gasteiger partial charge in [0.25, 0.3) is 0 Å². The largest absolute Gasteiger partial charge is 0.335 e. The standard InChI is InChI=1S/C19H26N4O/c1-14-17(13-21-23(14)2)12-20-19(24)22-18-9-8-16(11-18)10-15-6-4-3-5-7-15/h3-7,13,16,18H,8-12H2,1-2H3,(H2,20,22,24)/t16-,18+/m0/s1. The Balaban J connectivity index is 1.42. The first-order valence-electron chi connectivity index (χ1n) is 8.67. The van der Waals surface area contributed by atoms with E-state index in [1.165, 1.54) is 12.0 Å². The van der Waals surface area contributed by atoms with Gasteiger partial charge in [-0.05, 0) is 44.1 Å². The number of carbonyl (C=O) groups excluding carboxylic acids is 1. The predicted molar refractivity (Wildman–Crippen MR) is 94.6 cm³/mol. The number of amides is 2. The zero-order valence-corrected chi connectivity index (χ0v) is 14.5. The highest BCUT2D eigenvalue weighted by molar-refractivity contribution is 5.74. The highest BCUT2D eigenvalue weighted by Gasteiger charge is 2.25. The molecule has 128 valence electrons. The molecule has 1 aromatic carbocycles. The Bertz CT molecular complexity index is 680. The molecule has 0 bridgehead atoms. The molecule has 2 amide bonds. The molecule has 0 spiro atoms. The molecule has 1 fully saturated rings. The number of hydrogen-bond acceptors (Lipinski definition) is 2. The molecule has 2 N–H and O–H groups in total. The molecule has 0 radical (unpaired) electrons. The molecule has 1 heterocycles. The van der Waals surface area contributed by atoms with E-state index < -0.39 is 0 Å². The molecule has 5 heteroatoms. The van der Waals surface area contributed by atoms with Crippen molar-refractivity contribution in [1.29, 1.82) is 0 Å². The summed E-state index contributed by atoms with van der Waals surface area (Å²) in [5.74, 6) is 0.665. The smallest absolute Gasteiger partial charge is 0.315 e. The van der Waals surface area contributed by atoms with Crippen molar-refractivity contribution in [3.63, 3.8) is 0 Å². The fraction of sp³-hybridized carbons (Fsp3) is 0.474. The molecule has 2 aromatic rings. The van der Waals surface area contributed by atoms with E-state index >= 15 is 0 Å². The molecule has 0 unspecified atom stereocenters. The van der Waals surface area contributed by atoms with Crippen LogP contribution in [0.4, 0.5) is 4.79 Å². The summed E-state index contributed by atoms with van der Waals surface area (Å²) in [5, 5.41) is 10.2. The van der Waals surface area contributed by atoms with Crippen LogP contribution in [0.15, 0.2) is 36.5 Å². The first kappa shape index (κ1) is 16.6. The van der Waals surface area contributed by atoms with Crippen LogP contribution in [0, 0.1) is 12.8 Å². The van der Waals surface area contributed by atoms with E-state index in [2.05, 4.69) is 46.1 Å². The summed E-state index contributed by atoms with van der Waals surface area (Å²) in [4.78, 5) is 12.1. The monoisotopic (exact) mass is 326 g/mol. The molecular formula is C19H26N4O. The van der Waals surface area contributed by atoms with Crippen LogP contribution >= 0.6 is 0 Å². The van der Waals surface area contributed by atoms with E-state index in [9.17, 15) is 4.79 Å². The highest BCUT2D eigenvalue weighted by Crippen LogP contribution is 2.28. The quantitative estimate of drug-likeness (QED) is 0.887. The molecule has 3 rings (SSSR count). The Morgan fingerprint density at radius 1 is 1.29 bits per heavy atom. The molecule has 1 aliphatic carbocycles. The predicted octanol–water partition coefficient (Wildman–Crippen LogP) is 2.94. The van der Waals surface area contributed by atoms with E-state index in [-0.39, 0.29) is 12.1 Å². The van der Waals surface area contributed by atoms with Crippen molar-refractivity contribution in [3.05, 3.63) is 53.3 Å². The molecule has 5 nitrogen and oxygen atoms in total. The Labute approximate surface area is 143 Å². The minimum absolute atomic E-state index is 0.0800. The van der Waals surface area contributed by atoms with Crippen LogP contribution in [0.1, 0.15) is 36.1 Å². The summed E-state index contributed by atoms with van der Waals surface area (Å²) in [7, 11) is 1.91. The fourth-order valence-corrected chi connectivity index (χ4v) is 3.47. The minimum Gasteiger partial charge on any atom is -0.335 e. The maximum Gasteiger partial charge on any atom is 0.315 e. The number of hydrogen-bond donors (Lipinski definition) is 2. The summed E-state index contributed by atoms with van der Waals surface area (Å²) >= 11 is 0. The Morgan fingerprint density at radius 3 is 2.79 bits per heavy atom. The lowest BCUT2D eigenvalue weighted by atomic mass is 9.98. The van der Waals surface area contributed by atoms with Gasteiger partial charge in [-0.25, -0.2) is 4.79 Å². The summed E-state index contributed by atoms with van der Waals surface area (Å²) in [6, 6.07) is 10.8. The van der Waals surface area contributed by atoms with Crippen LogP contribution < -0.4 is 10.6 Å². The maximum absolute atomic E-state index is 12.1. The van der Waals surface area contributed by atoms with Crippen LogP contribution in [0.2, 0.25) is 0 Å². The van der Waals surface area contributed by atoms with Crippen LogP contribution in [0.3, 0.4) is 0 Å².